The van der Waals surface area contributed by atoms with E-state index in [9.17, 15) is 33.0 Å². The zero-order valence-corrected chi connectivity index (χ0v) is 20.3. The molecule has 3 rings (SSSR count). The summed E-state index contributed by atoms with van der Waals surface area (Å²) >= 11 is 0. The van der Waals surface area contributed by atoms with E-state index in [-0.39, 0.29) is 30.3 Å². The van der Waals surface area contributed by atoms with Gasteiger partial charge in [0.2, 0.25) is 5.95 Å². The topological polar surface area (TPSA) is 167 Å². The van der Waals surface area contributed by atoms with Crippen LogP contribution in [-0.4, -0.2) is 105 Å². The molecule has 206 valence electrons. The van der Waals surface area contributed by atoms with E-state index in [2.05, 4.69) is 19.9 Å². The molecule has 4 atom stereocenters. The highest BCUT2D eigenvalue weighted by molar-refractivity contribution is 5.81. The first-order valence-electron chi connectivity index (χ1n) is 11.6. The van der Waals surface area contributed by atoms with E-state index in [0.717, 1.165) is 0 Å². The van der Waals surface area contributed by atoms with Crippen LogP contribution in [0.2, 0.25) is 0 Å². The fraction of sp³-hybridized carbons (Fsp3) is 0.667. The third-order valence-electron chi connectivity index (χ3n) is 5.52. The van der Waals surface area contributed by atoms with Crippen LogP contribution < -0.4 is 10.9 Å². The van der Waals surface area contributed by atoms with Gasteiger partial charge in [-0.3, -0.25) is 19.1 Å². The molecule has 1 aliphatic heterocycles. The van der Waals surface area contributed by atoms with Crippen molar-refractivity contribution in [3.8, 4) is 0 Å². The largest absolute Gasteiger partial charge is 0.471 e. The predicted octanol–water partition coefficient (Wildman–Crippen LogP) is 0.216. The van der Waals surface area contributed by atoms with Gasteiger partial charge in [-0.1, -0.05) is 12.8 Å². The van der Waals surface area contributed by atoms with Crippen molar-refractivity contribution in [2.75, 3.05) is 33.9 Å². The molecule has 2 aromatic rings. The van der Waals surface area contributed by atoms with Crippen molar-refractivity contribution in [2.24, 2.45) is 4.99 Å². The molecule has 0 unspecified atom stereocenters. The number of amides is 1. The number of hydrogen-bond acceptors (Lipinski definition) is 9. The van der Waals surface area contributed by atoms with Gasteiger partial charge in [0.1, 0.15) is 18.3 Å². The SMILES string of the molecule is CN(C)/C=N/c1nc2c(ncn2[C@@H]2O[C@H](CO)[C@H](O)[C@@H]2OCCCCCCNC(=O)C(F)(F)F)c(=O)[nH]1. The number of carbonyl (C=O) groups excluding carboxylic acids is 1. The number of ether oxygens (including phenoxy) is 2. The number of unbranched alkanes of at least 4 members (excludes halogenated alkanes) is 3. The third kappa shape index (κ3) is 7.24. The number of alkyl halides is 3. The Morgan fingerprint density at radius 3 is 2.76 bits per heavy atom. The van der Waals surface area contributed by atoms with Gasteiger partial charge in [0.25, 0.3) is 5.56 Å². The molecule has 3 heterocycles. The number of aromatic nitrogens is 4. The highest BCUT2D eigenvalue weighted by Crippen LogP contribution is 2.33. The monoisotopic (exact) mass is 533 g/mol. The number of aliphatic imine (C=N–C) groups is 1. The van der Waals surface area contributed by atoms with Gasteiger partial charge in [-0.25, -0.2) is 9.98 Å². The summed E-state index contributed by atoms with van der Waals surface area (Å²) in [6.07, 6.45) is -4.05. The Morgan fingerprint density at radius 2 is 2.08 bits per heavy atom. The molecule has 0 aromatic carbocycles. The molecule has 16 heteroatoms. The average Bonchev–Trinajstić information content (AvgIpc) is 3.39. The number of carbonyl (C=O) groups is 1. The number of aliphatic hydroxyl groups excluding tert-OH is 2. The quantitative estimate of drug-likeness (QED) is 0.169. The Hall–Kier alpha value is -3.08. The van der Waals surface area contributed by atoms with Crippen LogP contribution in [0.1, 0.15) is 31.9 Å². The number of aliphatic hydroxyl groups is 2. The van der Waals surface area contributed by atoms with E-state index in [1.54, 1.807) is 19.0 Å². The Morgan fingerprint density at radius 1 is 1.35 bits per heavy atom. The van der Waals surface area contributed by atoms with Crippen molar-refractivity contribution in [3.63, 3.8) is 0 Å². The lowest BCUT2D eigenvalue weighted by Crippen LogP contribution is -2.37. The molecule has 4 N–H and O–H groups in total. The zero-order valence-electron chi connectivity index (χ0n) is 20.3. The number of nitrogens with zero attached hydrogens (tertiary/aromatic N) is 5. The Balaban J connectivity index is 1.62. The minimum Gasteiger partial charge on any atom is -0.394 e. The van der Waals surface area contributed by atoms with E-state index >= 15 is 0 Å². The number of imidazole rings is 1. The van der Waals surface area contributed by atoms with Gasteiger partial charge in [0.15, 0.2) is 17.4 Å². The summed E-state index contributed by atoms with van der Waals surface area (Å²) in [6, 6.07) is 0. The minimum atomic E-state index is -4.90. The summed E-state index contributed by atoms with van der Waals surface area (Å²) in [5.41, 5.74) is -0.332. The van der Waals surface area contributed by atoms with Crippen molar-refractivity contribution >= 4 is 29.4 Å². The molecule has 0 aliphatic carbocycles. The summed E-state index contributed by atoms with van der Waals surface area (Å²) in [6.45, 7) is -0.372. The van der Waals surface area contributed by atoms with Crippen LogP contribution in [-0.2, 0) is 14.3 Å². The first kappa shape index (κ1) is 28.5. The molecule has 1 amide bonds. The number of nitrogens with one attached hydrogen (secondary N) is 2. The lowest BCUT2D eigenvalue weighted by atomic mass is 10.1. The van der Waals surface area contributed by atoms with Gasteiger partial charge in [-0.05, 0) is 12.8 Å². The standard InChI is InChI=1S/C21H30F3N7O6/c1-30(2)10-27-20-28-16-13(17(34)29-20)26-11-31(16)18-15(14(33)12(9-32)37-18)36-8-6-4-3-5-7-25-19(35)21(22,23)24/h10-12,14-15,18,32-33H,3-9H2,1-2H3,(H,25,35)(H,28,29,34)/b27-10+/t12-,14+,15+,18-/m1/s1. The van der Waals surface area contributed by atoms with Crippen molar-refractivity contribution in [2.45, 2.75) is 56.4 Å². The maximum atomic E-state index is 12.4. The molecule has 0 radical (unpaired) electrons. The lowest BCUT2D eigenvalue weighted by molar-refractivity contribution is -0.173. The van der Waals surface area contributed by atoms with E-state index in [1.165, 1.54) is 17.2 Å². The first-order valence-corrected chi connectivity index (χ1v) is 11.6. The Kier molecular flexibility index (Phi) is 9.58. The molecule has 37 heavy (non-hydrogen) atoms. The van der Waals surface area contributed by atoms with Crippen LogP contribution in [0.3, 0.4) is 0 Å². The molecule has 13 nitrogen and oxygen atoms in total. The predicted molar refractivity (Wildman–Crippen MR) is 124 cm³/mol. The molecule has 2 aromatic heterocycles. The number of H-pyrrole nitrogens is 1. The van der Waals surface area contributed by atoms with E-state index in [0.29, 0.717) is 25.7 Å². The number of rotatable bonds is 12. The molecule has 1 aliphatic rings. The summed E-state index contributed by atoms with van der Waals surface area (Å²) < 4.78 is 49.6. The number of halogens is 3. The molecular formula is C21H30F3N7O6. The van der Waals surface area contributed by atoms with Gasteiger partial charge in [-0.15, -0.1) is 0 Å². The summed E-state index contributed by atoms with van der Waals surface area (Å²) in [5, 5.41) is 22.1. The summed E-state index contributed by atoms with van der Waals surface area (Å²) in [5.74, 6) is -1.93. The highest BCUT2D eigenvalue weighted by atomic mass is 19.4. The fourth-order valence-electron chi connectivity index (χ4n) is 3.71. The molecular weight excluding hydrogens is 503 g/mol. The molecule has 1 fully saturated rings. The number of fused-ring (bicyclic) bond motifs is 1. The lowest BCUT2D eigenvalue weighted by Gasteiger charge is -2.22. The molecule has 1 saturated heterocycles. The van der Waals surface area contributed by atoms with Crippen molar-refractivity contribution in [3.05, 3.63) is 16.7 Å². The number of hydrogen-bond donors (Lipinski definition) is 4. The third-order valence-corrected chi connectivity index (χ3v) is 5.52. The zero-order chi connectivity index (χ0) is 27.2. The molecule has 0 bridgehead atoms. The maximum Gasteiger partial charge on any atom is 0.471 e. The minimum absolute atomic E-state index is 0.0331. The van der Waals surface area contributed by atoms with Crippen LogP contribution in [0.15, 0.2) is 16.1 Å². The van der Waals surface area contributed by atoms with E-state index in [1.807, 2.05) is 5.32 Å². The van der Waals surface area contributed by atoms with E-state index in [4.69, 9.17) is 9.47 Å². The van der Waals surface area contributed by atoms with Crippen LogP contribution in [0.25, 0.3) is 11.2 Å². The fourth-order valence-corrected chi connectivity index (χ4v) is 3.71. The van der Waals surface area contributed by atoms with Gasteiger partial charge in [-0.2, -0.15) is 18.2 Å². The van der Waals surface area contributed by atoms with Crippen LogP contribution in [0.5, 0.6) is 0 Å². The van der Waals surface area contributed by atoms with Crippen LogP contribution in [0.4, 0.5) is 19.1 Å². The van der Waals surface area contributed by atoms with Gasteiger partial charge in [0, 0.05) is 27.2 Å². The van der Waals surface area contributed by atoms with Gasteiger partial charge < -0.3 is 29.9 Å². The second-order valence-corrected chi connectivity index (χ2v) is 8.66. The summed E-state index contributed by atoms with van der Waals surface area (Å²) in [4.78, 5) is 39.9. The first-order chi connectivity index (χ1) is 17.5. The average molecular weight is 534 g/mol. The molecule has 0 saturated carbocycles. The maximum absolute atomic E-state index is 12.4. The normalized spacial score (nSPS) is 22.2. The van der Waals surface area contributed by atoms with Crippen molar-refractivity contribution in [1.29, 1.82) is 0 Å². The second kappa shape index (κ2) is 12.4. The Bertz CT molecular complexity index is 1140. The Labute approximate surface area is 209 Å². The smallest absolute Gasteiger partial charge is 0.394 e. The highest BCUT2D eigenvalue weighted by Gasteiger charge is 2.46. The van der Waals surface area contributed by atoms with Gasteiger partial charge in [0.05, 0.1) is 19.3 Å². The van der Waals surface area contributed by atoms with Gasteiger partial charge >= 0.3 is 12.1 Å². The number of aromatic amines is 1. The summed E-state index contributed by atoms with van der Waals surface area (Å²) in [7, 11) is 3.50. The molecule has 0 spiro atoms. The van der Waals surface area contributed by atoms with Crippen molar-refractivity contribution in [1.82, 2.24) is 29.7 Å². The van der Waals surface area contributed by atoms with Crippen LogP contribution in [0, 0.1) is 0 Å². The van der Waals surface area contributed by atoms with E-state index < -0.39 is 48.8 Å². The van der Waals surface area contributed by atoms with Crippen molar-refractivity contribution < 1.29 is 37.7 Å². The van der Waals surface area contributed by atoms with Crippen LogP contribution >= 0.6 is 0 Å². The second-order valence-electron chi connectivity index (χ2n) is 8.66.